The molecule has 1 atom stereocenters. The minimum atomic E-state index is -2.89. The largest absolute Gasteiger partial charge is 2.00 e. The fourth-order valence-corrected chi connectivity index (χ4v) is 0.836. The number of carboxylic acids is 2. The fraction of sp³-hybridized carbons (Fsp3) is 0.429. The fourth-order valence-electron chi connectivity index (χ4n) is 0.836. The van der Waals surface area contributed by atoms with Crippen LogP contribution >= 0.6 is 0 Å². The summed E-state index contributed by atoms with van der Waals surface area (Å²) in [4.78, 5) is 41.4. The smallest absolute Gasteiger partial charge is 1.00 e. The van der Waals surface area contributed by atoms with Crippen molar-refractivity contribution in [3.8, 4) is 0 Å². The summed E-state index contributed by atoms with van der Waals surface area (Å²) in [6.07, 6.45) is -4.51. The standard InChI is InChI=1S/C7H8O9.Ca.H2O.2H/c8-3(9)1-7(15,5(11)12)2-4(10)16-6(13)14;;;;/h15H,1-2H2,(H,8,9)(H,11,12)(H,13,14);;1H2;;/q;+2;;2*-1. The zero-order valence-electron chi connectivity index (χ0n) is 11.0. The summed E-state index contributed by atoms with van der Waals surface area (Å²) in [6.45, 7) is 0. The second-order valence-corrected chi connectivity index (χ2v) is 2.82. The Morgan fingerprint density at radius 3 is 1.78 bits per heavy atom. The maximum absolute atomic E-state index is 10.7. The van der Waals surface area contributed by atoms with Crippen molar-refractivity contribution in [1.82, 2.24) is 0 Å². The number of hydrogen-bond acceptors (Lipinski definition) is 6. The van der Waals surface area contributed by atoms with Gasteiger partial charge in [0.05, 0.1) is 12.8 Å². The Bertz CT molecular complexity index is 348. The van der Waals surface area contributed by atoms with Crippen LogP contribution in [0.5, 0.6) is 0 Å². The van der Waals surface area contributed by atoms with Crippen molar-refractivity contribution in [2.45, 2.75) is 18.4 Å². The van der Waals surface area contributed by atoms with Gasteiger partial charge in [0.2, 0.25) is 0 Å². The Labute approximate surface area is 132 Å². The summed E-state index contributed by atoms with van der Waals surface area (Å²) in [5, 5.41) is 34.1. The predicted octanol–water partition coefficient (Wildman–Crippen LogP) is -2.09. The summed E-state index contributed by atoms with van der Waals surface area (Å²) in [5.41, 5.74) is -2.89. The summed E-state index contributed by atoms with van der Waals surface area (Å²) in [5.74, 6) is -5.18. The van der Waals surface area contributed by atoms with E-state index in [1.807, 2.05) is 0 Å². The Kier molecular flexibility index (Phi) is 11.2. The predicted molar refractivity (Wildman–Crippen MR) is 55.2 cm³/mol. The number of esters is 1. The van der Waals surface area contributed by atoms with Crippen molar-refractivity contribution in [2.24, 2.45) is 0 Å². The second kappa shape index (κ2) is 9.05. The molecule has 0 fully saturated rings. The van der Waals surface area contributed by atoms with Gasteiger partial charge in [-0.2, -0.15) is 0 Å². The van der Waals surface area contributed by atoms with E-state index in [9.17, 15) is 24.3 Å². The SMILES string of the molecule is O.O=C(O)CC(O)(CC(=O)OC(=O)O)C(=O)O.[Ca+2].[H-].[H-]. The molecule has 0 saturated carbocycles. The molecule has 18 heavy (non-hydrogen) atoms. The molecule has 0 amide bonds. The van der Waals surface area contributed by atoms with E-state index in [4.69, 9.17) is 15.3 Å². The first-order chi connectivity index (χ1) is 7.17. The van der Waals surface area contributed by atoms with E-state index in [2.05, 4.69) is 4.74 Å². The van der Waals surface area contributed by atoms with Gasteiger partial charge in [-0.05, 0) is 0 Å². The third-order valence-corrected chi connectivity index (χ3v) is 1.48. The number of ether oxygens (including phenoxy) is 1. The number of carboxylic acid groups (broad SMARTS) is 3. The second-order valence-electron chi connectivity index (χ2n) is 2.82. The van der Waals surface area contributed by atoms with E-state index in [1.165, 1.54) is 0 Å². The van der Waals surface area contributed by atoms with Crippen LogP contribution < -0.4 is 0 Å². The Balaban J connectivity index is -0.000000187. The molecule has 10 nitrogen and oxygen atoms in total. The van der Waals surface area contributed by atoms with E-state index in [-0.39, 0.29) is 46.1 Å². The van der Waals surface area contributed by atoms with Crippen LogP contribution in [0.4, 0.5) is 4.79 Å². The van der Waals surface area contributed by atoms with Gasteiger partial charge in [0.1, 0.15) is 0 Å². The maximum Gasteiger partial charge on any atom is 2.00 e. The summed E-state index contributed by atoms with van der Waals surface area (Å²) in [6, 6.07) is 0. The Morgan fingerprint density at radius 1 is 1.06 bits per heavy atom. The van der Waals surface area contributed by atoms with Crippen molar-refractivity contribution in [1.29, 1.82) is 0 Å². The van der Waals surface area contributed by atoms with E-state index in [1.54, 1.807) is 0 Å². The van der Waals surface area contributed by atoms with Gasteiger partial charge in [-0.3, -0.25) is 9.59 Å². The van der Waals surface area contributed by atoms with Gasteiger partial charge < -0.3 is 33.5 Å². The zero-order chi connectivity index (χ0) is 12.9. The van der Waals surface area contributed by atoms with Gasteiger partial charge in [-0.25, -0.2) is 9.59 Å². The van der Waals surface area contributed by atoms with Crippen molar-refractivity contribution >= 4 is 61.8 Å². The van der Waals surface area contributed by atoms with Crippen LogP contribution in [0.3, 0.4) is 0 Å². The molecule has 0 spiro atoms. The Hall–Kier alpha value is -0.940. The third kappa shape index (κ3) is 8.19. The number of aliphatic carboxylic acids is 2. The van der Waals surface area contributed by atoms with Gasteiger partial charge in [-0.15, -0.1) is 0 Å². The average molecular weight is 296 g/mol. The van der Waals surface area contributed by atoms with Gasteiger partial charge in [-0.1, -0.05) is 0 Å². The number of carbonyl (C=O) groups is 4. The molecule has 102 valence electrons. The van der Waals surface area contributed by atoms with Crippen LogP contribution in [0.1, 0.15) is 15.7 Å². The molecule has 0 aliphatic carbocycles. The van der Waals surface area contributed by atoms with Gasteiger partial charge in [0.25, 0.3) is 0 Å². The molecular formula is C7H12CaO10. The first kappa shape index (κ1) is 22.3. The quantitative estimate of drug-likeness (QED) is 0.250. The van der Waals surface area contributed by atoms with Crippen molar-refractivity contribution in [2.75, 3.05) is 0 Å². The number of rotatable bonds is 5. The molecule has 0 heterocycles. The van der Waals surface area contributed by atoms with Crippen LogP contribution in [0.2, 0.25) is 0 Å². The topological polar surface area (TPSA) is 190 Å². The van der Waals surface area contributed by atoms with E-state index in [0.717, 1.165) is 0 Å². The molecule has 0 aromatic carbocycles. The van der Waals surface area contributed by atoms with E-state index in [0.29, 0.717) is 0 Å². The molecule has 0 aromatic rings. The number of hydrogen-bond donors (Lipinski definition) is 4. The normalized spacial score (nSPS) is 12.1. The molecular weight excluding hydrogens is 284 g/mol. The van der Waals surface area contributed by atoms with Crippen molar-refractivity contribution < 1.29 is 52.7 Å². The molecule has 0 radical (unpaired) electrons. The number of carbonyl (C=O) groups excluding carboxylic acids is 1. The summed E-state index contributed by atoms with van der Waals surface area (Å²) >= 11 is 0. The molecule has 0 aliphatic rings. The van der Waals surface area contributed by atoms with Gasteiger partial charge >= 0.3 is 61.8 Å². The van der Waals surface area contributed by atoms with Crippen LogP contribution in [-0.4, -0.2) is 93.3 Å². The first-order valence-electron chi connectivity index (χ1n) is 3.78. The Morgan fingerprint density at radius 2 is 1.50 bits per heavy atom. The van der Waals surface area contributed by atoms with Crippen molar-refractivity contribution in [3.63, 3.8) is 0 Å². The molecule has 0 aliphatic heterocycles. The third-order valence-electron chi connectivity index (χ3n) is 1.48. The van der Waals surface area contributed by atoms with Crippen LogP contribution in [0, 0.1) is 0 Å². The molecule has 0 aromatic heterocycles. The first-order valence-corrected chi connectivity index (χ1v) is 3.78. The van der Waals surface area contributed by atoms with Gasteiger partial charge in [0.15, 0.2) is 5.60 Å². The molecule has 11 heteroatoms. The minimum absolute atomic E-state index is 0. The van der Waals surface area contributed by atoms with E-state index < -0.39 is 42.5 Å². The molecule has 6 N–H and O–H groups in total. The number of aliphatic hydroxyl groups is 1. The van der Waals surface area contributed by atoms with Crippen LogP contribution in [-0.2, 0) is 19.1 Å². The van der Waals surface area contributed by atoms with Crippen LogP contribution in [0.15, 0.2) is 0 Å². The molecule has 0 saturated heterocycles. The molecule has 1 unspecified atom stereocenters. The minimum Gasteiger partial charge on any atom is -1.00 e. The summed E-state index contributed by atoms with van der Waals surface area (Å²) in [7, 11) is 0. The maximum atomic E-state index is 10.7. The molecule has 0 rings (SSSR count). The average Bonchev–Trinajstić information content (AvgIpc) is 1.98. The van der Waals surface area contributed by atoms with Crippen molar-refractivity contribution in [3.05, 3.63) is 0 Å². The molecule has 0 bridgehead atoms. The van der Waals surface area contributed by atoms with Gasteiger partial charge in [0, 0.05) is 0 Å². The summed E-state index contributed by atoms with van der Waals surface area (Å²) < 4.78 is 3.54. The van der Waals surface area contributed by atoms with E-state index >= 15 is 0 Å². The zero-order valence-corrected chi connectivity index (χ0v) is 11.2. The monoisotopic (exact) mass is 296 g/mol. The van der Waals surface area contributed by atoms with Crippen LogP contribution in [0.25, 0.3) is 0 Å².